The van der Waals surface area contributed by atoms with Gasteiger partial charge < -0.3 is 4.74 Å². The number of nitrogens with one attached hydrogen (secondary N) is 1. The molecule has 0 radical (unpaired) electrons. The molecule has 2 heterocycles. The maximum Gasteiger partial charge on any atom is 0.330 e. The highest BCUT2D eigenvalue weighted by molar-refractivity contribution is 5.43. The average Bonchev–Trinajstić information content (AvgIpc) is 2.71. The summed E-state index contributed by atoms with van der Waals surface area (Å²) < 4.78 is 6.77. The van der Waals surface area contributed by atoms with Crippen LogP contribution in [0.15, 0.2) is 22.4 Å². The van der Waals surface area contributed by atoms with E-state index >= 15 is 0 Å². The first kappa shape index (κ1) is 9.92. The Hall–Kier alpha value is -1.62. The predicted octanol–water partition coefficient (Wildman–Crippen LogP) is 0.489. The van der Waals surface area contributed by atoms with Crippen molar-refractivity contribution in [2.75, 3.05) is 6.61 Å². The summed E-state index contributed by atoms with van der Waals surface area (Å²) in [5.74, 6) is 0. The van der Waals surface area contributed by atoms with Crippen molar-refractivity contribution in [3.05, 3.63) is 39.2 Å². The zero-order valence-corrected chi connectivity index (χ0v) is 8.23. The molecule has 1 fully saturated rings. The van der Waals surface area contributed by atoms with Crippen molar-refractivity contribution in [2.24, 2.45) is 0 Å². The molecule has 1 aromatic heterocycles. The van der Waals surface area contributed by atoms with Gasteiger partial charge in [-0.1, -0.05) is 12.7 Å². The van der Waals surface area contributed by atoms with Crippen molar-refractivity contribution < 1.29 is 4.74 Å². The van der Waals surface area contributed by atoms with Gasteiger partial charge in [-0.05, 0) is 12.8 Å². The molecule has 2 rings (SSSR count). The smallest absolute Gasteiger partial charge is 0.330 e. The minimum absolute atomic E-state index is 0.256. The summed E-state index contributed by atoms with van der Waals surface area (Å²) in [7, 11) is 0. The number of ether oxygens (including phenoxy) is 1. The van der Waals surface area contributed by atoms with Crippen LogP contribution in [-0.4, -0.2) is 16.2 Å². The van der Waals surface area contributed by atoms with Crippen molar-refractivity contribution in [3.8, 4) is 0 Å². The topological polar surface area (TPSA) is 64.1 Å². The number of rotatable bonds is 2. The van der Waals surface area contributed by atoms with E-state index in [9.17, 15) is 9.59 Å². The molecule has 15 heavy (non-hydrogen) atoms. The van der Waals surface area contributed by atoms with Crippen molar-refractivity contribution in [3.63, 3.8) is 0 Å². The van der Waals surface area contributed by atoms with E-state index < -0.39 is 11.2 Å². The van der Waals surface area contributed by atoms with E-state index in [4.69, 9.17) is 4.74 Å². The Morgan fingerprint density at radius 2 is 2.40 bits per heavy atom. The van der Waals surface area contributed by atoms with E-state index in [1.807, 2.05) is 0 Å². The minimum Gasteiger partial charge on any atom is -0.358 e. The molecule has 1 aromatic rings. The third-order valence-corrected chi connectivity index (χ3v) is 2.43. The summed E-state index contributed by atoms with van der Waals surface area (Å²) in [5, 5.41) is 0. The Morgan fingerprint density at radius 1 is 1.60 bits per heavy atom. The highest BCUT2D eigenvalue weighted by atomic mass is 16.5. The van der Waals surface area contributed by atoms with Crippen molar-refractivity contribution in [1.82, 2.24) is 9.55 Å². The van der Waals surface area contributed by atoms with Gasteiger partial charge in [0, 0.05) is 12.8 Å². The van der Waals surface area contributed by atoms with Gasteiger partial charge in [-0.15, -0.1) is 0 Å². The van der Waals surface area contributed by atoms with Crippen LogP contribution in [0.4, 0.5) is 0 Å². The first-order valence-corrected chi connectivity index (χ1v) is 4.82. The predicted molar refractivity (Wildman–Crippen MR) is 55.6 cm³/mol. The van der Waals surface area contributed by atoms with Crippen LogP contribution in [0.2, 0.25) is 0 Å². The third-order valence-electron chi connectivity index (χ3n) is 2.43. The Bertz CT molecular complexity index is 480. The van der Waals surface area contributed by atoms with Gasteiger partial charge >= 0.3 is 5.69 Å². The van der Waals surface area contributed by atoms with Gasteiger partial charge in [0.25, 0.3) is 5.56 Å². The van der Waals surface area contributed by atoms with Gasteiger partial charge in [-0.2, -0.15) is 0 Å². The van der Waals surface area contributed by atoms with Crippen LogP contribution >= 0.6 is 0 Å². The van der Waals surface area contributed by atoms with Crippen molar-refractivity contribution in [2.45, 2.75) is 19.1 Å². The van der Waals surface area contributed by atoms with Gasteiger partial charge in [-0.25, -0.2) is 4.79 Å². The molecule has 1 aliphatic rings. The number of nitrogens with zero attached hydrogens (tertiary/aromatic N) is 1. The van der Waals surface area contributed by atoms with Crippen molar-refractivity contribution in [1.29, 1.82) is 0 Å². The number of hydrogen-bond acceptors (Lipinski definition) is 3. The Morgan fingerprint density at radius 3 is 3.00 bits per heavy atom. The number of aromatic amines is 1. The minimum atomic E-state index is -0.433. The van der Waals surface area contributed by atoms with Crippen LogP contribution in [0, 0.1) is 0 Å². The molecule has 0 aliphatic carbocycles. The Kier molecular flexibility index (Phi) is 2.55. The molecule has 0 amide bonds. The highest BCUT2D eigenvalue weighted by Gasteiger charge is 2.19. The average molecular weight is 208 g/mol. The highest BCUT2D eigenvalue weighted by Crippen LogP contribution is 2.20. The number of aromatic nitrogens is 2. The Labute approximate surface area is 86.0 Å². The van der Waals surface area contributed by atoms with Gasteiger partial charge in [0.2, 0.25) is 0 Å². The summed E-state index contributed by atoms with van der Waals surface area (Å²) in [6, 6.07) is 0. The largest absolute Gasteiger partial charge is 0.358 e. The molecule has 1 unspecified atom stereocenters. The van der Waals surface area contributed by atoms with E-state index in [-0.39, 0.29) is 6.23 Å². The van der Waals surface area contributed by atoms with Crippen LogP contribution in [0.5, 0.6) is 0 Å². The zero-order valence-electron chi connectivity index (χ0n) is 8.23. The second kappa shape index (κ2) is 3.86. The van der Waals surface area contributed by atoms with Crippen LogP contribution in [-0.2, 0) is 4.74 Å². The molecule has 1 atom stereocenters. The first-order chi connectivity index (χ1) is 7.22. The molecule has 1 N–H and O–H groups in total. The SMILES string of the molecule is C=Cc1cn(C2CCCO2)c(=O)[nH]c1=O. The number of H-pyrrole nitrogens is 1. The normalized spacial score (nSPS) is 20.4. The molecular formula is C10H12N2O3. The lowest BCUT2D eigenvalue weighted by Gasteiger charge is -2.12. The molecule has 1 aliphatic heterocycles. The lowest BCUT2D eigenvalue weighted by atomic mass is 10.3. The van der Waals surface area contributed by atoms with E-state index in [0.29, 0.717) is 12.2 Å². The van der Waals surface area contributed by atoms with E-state index in [2.05, 4.69) is 11.6 Å². The van der Waals surface area contributed by atoms with Crippen molar-refractivity contribution >= 4 is 6.08 Å². The lowest BCUT2D eigenvalue weighted by Crippen LogP contribution is -2.33. The van der Waals surface area contributed by atoms with Crippen LogP contribution in [0.3, 0.4) is 0 Å². The van der Waals surface area contributed by atoms with Gasteiger partial charge in [0.1, 0.15) is 6.23 Å². The fourth-order valence-electron chi connectivity index (χ4n) is 1.64. The quantitative estimate of drug-likeness (QED) is 0.769. The van der Waals surface area contributed by atoms with Gasteiger partial charge in [-0.3, -0.25) is 14.3 Å². The third kappa shape index (κ3) is 1.78. The lowest BCUT2D eigenvalue weighted by molar-refractivity contribution is 0.0525. The molecule has 0 spiro atoms. The monoisotopic (exact) mass is 208 g/mol. The molecule has 5 heteroatoms. The zero-order chi connectivity index (χ0) is 10.8. The summed E-state index contributed by atoms with van der Waals surface area (Å²) >= 11 is 0. The molecule has 0 bridgehead atoms. The molecule has 0 saturated carbocycles. The molecule has 5 nitrogen and oxygen atoms in total. The molecule has 1 saturated heterocycles. The molecule has 80 valence electrons. The first-order valence-electron chi connectivity index (χ1n) is 4.82. The maximum atomic E-state index is 11.5. The Balaban J connectivity index is 2.51. The summed E-state index contributed by atoms with van der Waals surface area (Å²) in [6.07, 6.45) is 4.38. The summed E-state index contributed by atoms with van der Waals surface area (Å²) in [5.41, 5.74) is -0.466. The van der Waals surface area contributed by atoms with E-state index in [1.54, 1.807) is 0 Å². The van der Waals surface area contributed by atoms with Crippen LogP contribution in [0.1, 0.15) is 24.6 Å². The molecule has 0 aromatic carbocycles. The van der Waals surface area contributed by atoms with Crippen LogP contribution in [0.25, 0.3) is 6.08 Å². The maximum absolute atomic E-state index is 11.5. The van der Waals surface area contributed by atoms with E-state index in [1.165, 1.54) is 16.8 Å². The summed E-state index contributed by atoms with van der Waals surface area (Å²) in [4.78, 5) is 25.0. The summed E-state index contributed by atoms with van der Waals surface area (Å²) in [6.45, 7) is 4.17. The van der Waals surface area contributed by atoms with Gasteiger partial charge in [0.15, 0.2) is 0 Å². The van der Waals surface area contributed by atoms with Gasteiger partial charge in [0.05, 0.1) is 5.56 Å². The fourth-order valence-corrected chi connectivity index (χ4v) is 1.64. The molecular weight excluding hydrogens is 196 g/mol. The second-order valence-corrected chi connectivity index (χ2v) is 3.42. The van der Waals surface area contributed by atoms with Crippen LogP contribution < -0.4 is 11.2 Å². The number of hydrogen-bond donors (Lipinski definition) is 1. The second-order valence-electron chi connectivity index (χ2n) is 3.42. The standard InChI is InChI=1S/C10H12N2O3/c1-2-7-6-12(8-4-3-5-15-8)10(14)11-9(7)13/h2,6,8H,1,3-5H2,(H,11,13,14). The fraction of sp³-hybridized carbons (Fsp3) is 0.400. The van der Waals surface area contributed by atoms with E-state index in [0.717, 1.165) is 12.8 Å².